The van der Waals surface area contributed by atoms with Crippen LogP contribution in [0.25, 0.3) is 11.1 Å². The topological polar surface area (TPSA) is 91.7 Å². The van der Waals surface area contributed by atoms with Crippen molar-refractivity contribution in [1.82, 2.24) is 10.3 Å². The van der Waals surface area contributed by atoms with E-state index in [1.165, 1.54) is 0 Å². The van der Waals surface area contributed by atoms with Crippen molar-refractivity contribution in [3.8, 4) is 16.9 Å². The number of pyridine rings is 1. The van der Waals surface area contributed by atoms with E-state index in [4.69, 9.17) is 4.74 Å². The van der Waals surface area contributed by atoms with Gasteiger partial charge in [-0.3, -0.25) is 4.98 Å². The SMILES string of the molecule is Cc1cc(-c2ccc3c(c2)CC[C@H](CNC[C@H](O)c2cccnc2)O3)ccc1C(=O)O. The first-order chi connectivity index (χ1) is 15.0. The lowest BCUT2D eigenvalue weighted by atomic mass is 9.95. The Kier molecular flexibility index (Phi) is 6.30. The highest BCUT2D eigenvalue weighted by Gasteiger charge is 2.20. The number of aromatic nitrogens is 1. The molecule has 1 aliphatic rings. The van der Waals surface area contributed by atoms with E-state index < -0.39 is 12.1 Å². The van der Waals surface area contributed by atoms with Gasteiger partial charge in [0.1, 0.15) is 11.9 Å². The molecule has 0 bridgehead atoms. The lowest BCUT2D eigenvalue weighted by Gasteiger charge is -2.27. The van der Waals surface area contributed by atoms with Gasteiger partial charge in [0, 0.05) is 31.0 Å². The molecular weight excluding hydrogens is 392 g/mol. The number of carboxylic acid groups (broad SMARTS) is 1. The minimum atomic E-state index is -0.907. The summed E-state index contributed by atoms with van der Waals surface area (Å²) in [5.41, 5.74) is 5.08. The second-order valence-corrected chi connectivity index (χ2v) is 7.90. The van der Waals surface area contributed by atoms with Crippen LogP contribution in [0.15, 0.2) is 60.9 Å². The fourth-order valence-corrected chi connectivity index (χ4v) is 3.92. The maximum Gasteiger partial charge on any atom is 0.335 e. The van der Waals surface area contributed by atoms with Gasteiger partial charge in [-0.15, -0.1) is 0 Å². The lowest BCUT2D eigenvalue weighted by molar-refractivity contribution is 0.0696. The van der Waals surface area contributed by atoms with Crippen molar-refractivity contribution < 1.29 is 19.7 Å². The number of carboxylic acids is 1. The number of fused-ring (bicyclic) bond motifs is 1. The van der Waals surface area contributed by atoms with E-state index >= 15 is 0 Å². The monoisotopic (exact) mass is 418 g/mol. The van der Waals surface area contributed by atoms with Gasteiger partial charge in [0.05, 0.1) is 11.7 Å². The van der Waals surface area contributed by atoms with Crippen molar-refractivity contribution >= 4 is 5.97 Å². The molecule has 1 aromatic heterocycles. The van der Waals surface area contributed by atoms with Crippen LogP contribution in [0.1, 0.15) is 39.6 Å². The van der Waals surface area contributed by atoms with Crippen molar-refractivity contribution in [3.63, 3.8) is 0 Å². The van der Waals surface area contributed by atoms with Gasteiger partial charge in [-0.25, -0.2) is 4.79 Å². The molecule has 3 N–H and O–H groups in total. The Morgan fingerprint density at radius 3 is 2.77 bits per heavy atom. The fraction of sp³-hybridized carbons (Fsp3) is 0.280. The molecule has 6 nitrogen and oxygen atoms in total. The quantitative estimate of drug-likeness (QED) is 0.541. The minimum Gasteiger partial charge on any atom is -0.489 e. The van der Waals surface area contributed by atoms with Crippen molar-refractivity contribution in [2.24, 2.45) is 0 Å². The summed E-state index contributed by atoms with van der Waals surface area (Å²) in [6.07, 6.45) is 4.62. The molecule has 0 aliphatic carbocycles. The maximum absolute atomic E-state index is 11.2. The zero-order valence-corrected chi connectivity index (χ0v) is 17.4. The summed E-state index contributed by atoms with van der Waals surface area (Å²) in [5.74, 6) is -0.0241. The van der Waals surface area contributed by atoms with Crippen LogP contribution in [0.3, 0.4) is 0 Å². The van der Waals surface area contributed by atoms with Crippen molar-refractivity contribution in [3.05, 3.63) is 83.2 Å². The highest BCUT2D eigenvalue weighted by molar-refractivity contribution is 5.90. The Hall–Kier alpha value is -3.22. The number of rotatable bonds is 7. The third-order valence-electron chi connectivity index (χ3n) is 5.66. The normalized spacial score (nSPS) is 16.3. The number of carbonyl (C=O) groups is 1. The summed E-state index contributed by atoms with van der Waals surface area (Å²) in [6, 6.07) is 15.2. The van der Waals surface area contributed by atoms with E-state index in [1.807, 2.05) is 43.3 Å². The summed E-state index contributed by atoms with van der Waals surface area (Å²) in [7, 11) is 0. The number of aryl methyl sites for hydroxylation is 2. The van der Waals surface area contributed by atoms with Crippen LogP contribution in [0.4, 0.5) is 0 Å². The zero-order chi connectivity index (χ0) is 21.8. The van der Waals surface area contributed by atoms with Gasteiger partial charge in [0.15, 0.2) is 0 Å². The number of aliphatic hydroxyl groups excluding tert-OH is 1. The summed E-state index contributed by atoms with van der Waals surface area (Å²) in [4.78, 5) is 15.3. The second kappa shape index (κ2) is 9.29. The number of aliphatic hydroxyl groups is 1. The van der Waals surface area contributed by atoms with Gasteiger partial charge in [-0.1, -0.05) is 24.3 Å². The van der Waals surface area contributed by atoms with Gasteiger partial charge in [-0.05, 0) is 66.3 Å². The number of nitrogens with zero attached hydrogens (tertiary/aromatic N) is 1. The van der Waals surface area contributed by atoms with Crippen LogP contribution in [0.5, 0.6) is 5.75 Å². The van der Waals surface area contributed by atoms with E-state index in [1.54, 1.807) is 18.5 Å². The predicted molar refractivity (Wildman–Crippen MR) is 118 cm³/mol. The maximum atomic E-state index is 11.2. The van der Waals surface area contributed by atoms with Gasteiger partial charge in [-0.2, -0.15) is 0 Å². The van der Waals surface area contributed by atoms with Crippen LogP contribution < -0.4 is 10.1 Å². The van der Waals surface area contributed by atoms with Crippen LogP contribution in [-0.4, -0.2) is 40.4 Å². The van der Waals surface area contributed by atoms with Gasteiger partial charge in [0.2, 0.25) is 0 Å². The molecule has 0 saturated carbocycles. The molecule has 0 saturated heterocycles. The molecule has 0 amide bonds. The summed E-state index contributed by atoms with van der Waals surface area (Å²) in [5, 5.41) is 22.8. The highest BCUT2D eigenvalue weighted by atomic mass is 16.5. The molecule has 0 radical (unpaired) electrons. The molecule has 3 aromatic rings. The van der Waals surface area contributed by atoms with Gasteiger partial charge < -0.3 is 20.3 Å². The Bertz CT molecular complexity index is 1070. The third-order valence-corrected chi connectivity index (χ3v) is 5.66. The number of ether oxygens (including phenoxy) is 1. The van der Waals surface area contributed by atoms with Crippen molar-refractivity contribution in [2.75, 3.05) is 13.1 Å². The van der Waals surface area contributed by atoms with E-state index in [0.29, 0.717) is 18.7 Å². The van der Waals surface area contributed by atoms with Crippen molar-refractivity contribution in [1.29, 1.82) is 0 Å². The zero-order valence-electron chi connectivity index (χ0n) is 17.4. The minimum absolute atomic E-state index is 0.0524. The average Bonchev–Trinajstić information content (AvgIpc) is 2.79. The smallest absolute Gasteiger partial charge is 0.335 e. The van der Waals surface area contributed by atoms with Crippen LogP contribution in [0.2, 0.25) is 0 Å². The molecule has 2 atom stereocenters. The molecule has 6 heteroatoms. The van der Waals surface area contributed by atoms with E-state index in [0.717, 1.165) is 46.4 Å². The molecule has 1 aliphatic heterocycles. The number of hydrogen-bond donors (Lipinski definition) is 3. The number of aromatic carboxylic acids is 1. The highest BCUT2D eigenvalue weighted by Crippen LogP contribution is 2.32. The molecule has 31 heavy (non-hydrogen) atoms. The third kappa shape index (κ3) is 4.93. The second-order valence-electron chi connectivity index (χ2n) is 7.90. The summed E-state index contributed by atoms with van der Waals surface area (Å²) >= 11 is 0. The Labute approximate surface area is 181 Å². The molecule has 4 rings (SSSR count). The molecule has 2 heterocycles. The first kappa shape index (κ1) is 21.0. The first-order valence-corrected chi connectivity index (χ1v) is 10.4. The molecule has 0 unspecified atom stereocenters. The van der Waals surface area contributed by atoms with E-state index in [9.17, 15) is 15.0 Å². The summed E-state index contributed by atoms with van der Waals surface area (Å²) in [6.45, 7) is 2.93. The molecule has 0 spiro atoms. The van der Waals surface area contributed by atoms with Crippen molar-refractivity contribution in [2.45, 2.75) is 32.0 Å². The van der Waals surface area contributed by atoms with E-state index in [-0.39, 0.29) is 6.10 Å². The first-order valence-electron chi connectivity index (χ1n) is 10.4. The lowest BCUT2D eigenvalue weighted by Crippen LogP contribution is -2.36. The van der Waals surface area contributed by atoms with Crippen LogP contribution >= 0.6 is 0 Å². The molecule has 160 valence electrons. The van der Waals surface area contributed by atoms with Crippen LogP contribution in [0, 0.1) is 6.92 Å². The molecule has 0 fully saturated rings. The van der Waals surface area contributed by atoms with Gasteiger partial charge in [0.25, 0.3) is 0 Å². The number of hydrogen-bond acceptors (Lipinski definition) is 5. The van der Waals surface area contributed by atoms with Gasteiger partial charge >= 0.3 is 5.97 Å². The van der Waals surface area contributed by atoms with E-state index in [2.05, 4.69) is 16.4 Å². The standard InChI is InChI=1S/C25H26N2O4/c1-16-11-17(5-8-22(16)25(29)30)18-6-9-24-19(12-18)4-7-21(31-24)14-27-15-23(28)20-3-2-10-26-13-20/h2-3,5-6,8-13,21,23,27-28H,4,7,14-15H2,1H3,(H,29,30)/t21-,23+/m1/s1. The summed E-state index contributed by atoms with van der Waals surface area (Å²) < 4.78 is 6.15. The average molecular weight is 418 g/mol. The fourth-order valence-electron chi connectivity index (χ4n) is 3.92. The Balaban J connectivity index is 1.36. The Morgan fingerprint density at radius 2 is 2.03 bits per heavy atom. The number of nitrogens with one attached hydrogen (secondary N) is 1. The van der Waals surface area contributed by atoms with Crippen LogP contribution in [-0.2, 0) is 6.42 Å². The molecule has 2 aromatic carbocycles. The predicted octanol–water partition coefficient (Wildman–Crippen LogP) is 3.77. The Morgan fingerprint density at radius 1 is 1.23 bits per heavy atom. The largest absolute Gasteiger partial charge is 0.489 e. The number of benzene rings is 2. The molecular formula is C25H26N2O4.